The van der Waals surface area contributed by atoms with E-state index < -0.39 is 0 Å². The molecular formula is C23H28FN3O. The van der Waals surface area contributed by atoms with E-state index in [1.165, 1.54) is 36.0 Å². The van der Waals surface area contributed by atoms with Gasteiger partial charge in [0.2, 0.25) is 0 Å². The van der Waals surface area contributed by atoms with Crippen LogP contribution in [0.2, 0.25) is 0 Å². The molecule has 0 aromatic heterocycles. The van der Waals surface area contributed by atoms with E-state index in [4.69, 9.17) is 0 Å². The van der Waals surface area contributed by atoms with Gasteiger partial charge in [-0.3, -0.25) is 0 Å². The minimum absolute atomic E-state index is 0.137. The summed E-state index contributed by atoms with van der Waals surface area (Å²) in [5.41, 5.74) is 5.11. The number of nitrogens with one attached hydrogen (secondary N) is 2. The number of halogens is 1. The van der Waals surface area contributed by atoms with E-state index in [1.54, 1.807) is 19.2 Å². The van der Waals surface area contributed by atoms with Gasteiger partial charge in [-0.25, -0.2) is 9.18 Å². The molecule has 2 aromatic carbocycles. The molecule has 5 heteroatoms. The second kappa shape index (κ2) is 7.92. The molecule has 2 aliphatic carbocycles. The van der Waals surface area contributed by atoms with Crippen molar-refractivity contribution in [2.45, 2.75) is 37.0 Å². The van der Waals surface area contributed by atoms with Crippen LogP contribution in [-0.4, -0.2) is 38.1 Å². The fourth-order valence-corrected chi connectivity index (χ4v) is 4.37. The molecule has 2 unspecified atom stereocenters. The molecule has 28 heavy (non-hydrogen) atoms. The molecule has 2 aromatic rings. The topological polar surface area (TPSA) is 44.4 Å². The van der Waals surface area contributed by atoms with Crippen molar-refractivity contribution in [3.05, 3.63) is 65.0 Å². The highest BCUT2D eigenvalue weighted by atomic mass is 19.1. The van der Waals surface area contributed by atoms with E-state index in [0.717, 1.165) is 30.6 Å². The van der Waals surface area contributed by atoms with Crippen molar-refractivity contribution >= 4 is 11.7 Å². The van der Waals surface area contributed by atoms with Gasteiger partial charge in [0.05, 0.1) is 0 Å². The number of benzene rings is 2. The Morgan fingerprint density at radius 3 is 2.39 bits per heavy atom. The summed E-state index contributed by atoms with van der Waals surface area (Å²) in [6.07, 6.45) is 3.71. The lowest BCUT2D eigenvalue weighted by Gasteiger charge is -2.29. The first-order valence-electron chi connectivity index (χ1n) is 10.1. The number of carbonyl (C=O) groups is 1. The number of urea groups is 1. The van der Waals surface area contributed by atoms with Gasteiger partial charge in [0, 0.05) is 12.7 Å². The fourth-order valence-electron chi connectivity index (χ4n) is 4.37. The van der Waals surface area contributed by atoms with Gasteiger partial charge in [-0.2, -0.15) is 0 Å². The van der Waals surface area contributed by atoms with Crippen LogP contribution in [0.4, 0.5) is 14.9 Å². The first kappa shape index (κ1) is 18.9. The third kappa shape index (κ3) is 4.04. The zero-order valence-corrected chi connectivity index (χ0v) is 16.5. The maximum absolute atomic E-state index is 12.7. The molecule has 0 spiro atoms. The Labute approximate surface area is 166 Å². The molecule has 2 atom stereocenters. The molecule has 3 aliphatic rings. The largest absolute Gasteiger partial charge is 0.341 e. The summed E-state index contributed by atoms with van der Waals surface area (Å²) in [4.78, 5) is 13.4. The first-order valence-corrected chi connectivity index (χ1v) is 10.1. The summed E-state index contributed by atoms with van der Waals surface area (Å²) in [5, 5.41) is 5.32. The molecule has 5 rings (SSSR count). The van der Waals surface area contributed by atoms with Crippen molar-refractivity contribution in [1.82, 2.24) is 10.2 Å². The van der Waals surface area contributed by atoms with Crippen molar-refractivity contribution in [3.8, 4) is 0 Å². The number of fused-ring (bicyclic) bond motifs is 4. The average molecular weight is 381 g/mol. The number of piperidine rings is 1. The number of rotatable bonds is 2. The quantitative estimate of drug-likeness (QED) is 0.795. The van der Waals surface area contributed by atoms with Crippen LogP contribution in [0.15, 0.2) is 42.5 Å². The zero-order valence-electron chi connectivity index (χ0n) is 16.5. The molecule has 1 heterocycles. The summed E-state index contributed by atoms with van der Waals surface area (Å²) >= 11 is 0. The van der Waals surface area contributed by atoms with Gasteiger partial charge in [-0.1, -0.05) is 18.2 Å². The van der Waals surface area contributed by atoms with Crippen LogP contribution < -0.4 is 10.6 Å². The van der Waals surface area contributed by atoms with Crippen molar-refractivity contribution in [2.75, 3.05) is 32.5 Å². The number of nitrogens with zero attached hydrogens (tertiary/aromatic N) is 1. The molecule has 2 amide bonds. The summed E-state index contributed by atoms with van der Waals surface area (Å²) in [6.45, 7) is 2.31. The van der Waals surface area contributed by atoms with E-state index in [2.05, 4.69) is 34.7 Å². The molecule has 2 N–H and O–H groups in total. The number of carbonyl (C=O) groups excluding carboxylic acids is 1. The Bertz CT molecular complexity index is 843. The maximum atomic E-state index is 12.7. The molecule has 1 aliphatic heterocycles. The normalized spacial score (nSPS) is 22.7. The standard InChI is InChI=1S/C12H16FN.C11H12N2O/c1-14-8-6-11(7-9-14)10-2-4-12(13)5-3-10;1-12-11(14)13-6-2-3-7-8(4-6)10-5-9(7)10/h2-5,11H,6-9H2,1H3;2-4,9-10H,5H2,1H3,(H2,12,13,14). The third-order valence-electron chi connectivity index (χ3n) is 6.22. The Kier molecular flexibility index (Phi) is 5.36. The highest BCUT2D eigenvalue weighted by Gasteiger charge is 2.50. The van der Waals surface area contributed by atoms with E-state index in [1.807, 2.05) is 18.2 Å². The molecule has 2 fully saturated rings. The van der Waals surface area contributed by atoms with Gasteiger partial charge in [0.15, 0.2) is 0 Å². The Morgan fingerprint density at radius 1 is 1.04 bits per heavy atom. The number of amides is 2. The van der Waals surface area contributed by atoms with Crippen molar-refractivity contribution in [2.24, 2.45) is 0 Å². The Balaban J connectivity index is 0.000000137. The van der Waals surface area contributed by atoms with Gasteiger partial charge in [-0.15, -0.1) is 0 Å². The summed E-state index contributed by atoms with van der Waals surface area (Å²) < 4.78 is 12.7. The van der Waals surface area contributed by atoms with Crippen LogP contribution in [0, 0.1) is 5.82 Å². The van der Waals surface area contributed by atoms with Crippen LogP contribution in [0.3, 0.4) is 0 Å². The van der Waals surface area contributed by atoms with Crippen molar-refractivity contribution in [1.29, 1.82) is 0 Å². The fraction of sp³-hybridized carbons (Fsp3) is 0.435. The van der Waals surface area contributed by atoms with Crippen LogP contribution in [-0.2, 0) is 0 Å². The van der Waals surface area contributed by atoms with Gasteiger partial charge >= 0.3 is 6.03 Å². The Morgan fingerprint density at radius 2 is 1.71 bits per heavy atom. The van der Waals surface area contributed by atoms with E-state index in [-0.39, 0.29) is 11.8 Å². The second-order valence-corrected chi connectivity index (χ2v) is 8.13. The molecule has 4 nitrogen and oxygen atoms in total. The first-order chi connectivity index (χ1) is 13.5. The number of likely N-dealkylation sites (tertiary alicyclic amines) is 1. The predicted molar refractivity (Wildman–Crippen MR) is 110 cm³/mol. The van der Waals surface area contributed by atoms with Crippen molar-refractivity contribution < 1.29 is 9.18 Å². The highest BCUT2D eigenvalue weighted by molar-refractivity contribution is 5.89. The lowest BCUT2D eigenvalue weighted by Crippen LogP contribution is -2.29. The monoisotopic (exact) mass is 381 g/mol. The summed E-state index contributed by atoms with van der Waals surface area (Å²) in [5.74, 6) is 2.14. The van der Waals surface area contributed by atoms with E-state index in [0.29, 0.717) is 5.92 Å². The molecule has 0 radical (unpaired) electrons. The molecule has 1 saturated heterocycles. The summed E-state index contributed by atoms with van der Waals surface area (Å²) in [6, 6.07) is 13.0. The number of hydrogen-bond donors (Lipinski definition) is 2. The second-order valence-electron chi connectivity index (χ2n) is 8.13. The number of hydrogen-bond acceptors (Lipinski definition) is 2. The van der Waals surface area contributed by atoms with Gasteiger partial charge in [-0.05, 0) is 98.1 Å². The lowest BCUT2D eigenvalue weighted by molar-refractivity contribution is 0.254. The lowest BCUT2D eigenvalue weighted by atomic mass is 9.88. The average Bonchev–Trinajstić information content (AvgIpc) is 3.43. The van der Waals surface area contributed by atoms with Gasteiger partial charge in [0.1, 0.15) is 5.82 Å². The van der Waals surface area contributed by atoms with Crippen molar-refractivity contribution in [3.63, 3.8) is 0 Å². The van der Waals surface area contributed by atoms with E-state index >= 15 is 0 Å². The highest BCUT2D eigenvalue weighted by Crippen LogP contribution is 2.66. The van der Waals surface area contributed by atoms with Crippen LogP contribution in [0.25, 0.3) is 0 Å². The molecular weight excluding hydrogens is 353 g/mol. The predicted octanol–water partition coefficient (Wildman–Crippen LogP) is 4.66. The summed E-state index contributed by atoms with van der Waals surface area (Å²) in [7, 11) is 3.77. The zero-order chi connectivity index (χ0) is 19.7. The van der Waals surface area contributed by atoms with Crippen LogP contribution in [0.5, 0.6) is 0 Å². The van der Waals surface area contributed by atoms with E-state index in [9.17, 15) is 9.18 Å². The Hall–Kier alpha value is -2.40. The third-order valence-corrected chi connectivity index (χ3v) is 6.22. The minimum Gasteiger partial charge on any atom is -0.341 e. The van der Waals surface area contributed by atoms with Gasteiger partial charge < -0.3 is 15.5 Å². The van der Waals surface area contributed by atoms with Crippen LogP contribution >= 0.6 is 0 Å². The SMILES string of the molecule is CN1CCC(c2ccc(F)cc2)CC1.CNC(=O)Nc1ccc2c(c1)C1CC21. The molecule has 148 valence electrons. The molecule has 1 saturated carbocycles. The number of anilines is 1. The van der Waals surface area contributed by atoms with Crippen LogP contribution in [0.1, 0.15) is 53.7 Å². The molecule has 0 bridgehead atoms. The van der Waals surface area contributed by atoms with Gasteiger partial charge in [0.25, 0.3) is 0 Å². The minimum atomic E-state index is -0.156. The smallest absolute Gasteiger partial charge is 0.318 e. The maximum Gasteiger partial charge on any atom is 0.318 e.